The first kappa shape index (κ1) is 13.7. The van der Waals surface area contributed by atoms with Crippen LogP contribution in [0.2, 0.25) is 0 Å². The van der Waals surface area contributed by atoms with Crippen LogP contribution in [0.4, 0.5) is 11.9 Å². The van der Waals surface area contributed by atoms with Crippen LogP contribution < -0.4 is 10.2 Å². The summed E-state index contributed by atoms with van der Waals surface area (Å²) in [4.78, 5) is 20.1. The fraction of sp³-hybridized carbons (Fsp3) is 0.467. The summed E-state index contributed by atoms with van der Waals surface area (Å²) in [5.41, 5.74) is 2.02. The van der Waals surface area contributed by atoms with Gasteiger partial charge < -0.3 is 10.2 Å². The van der Waals surface area contributed by atoms with Gasteiger partial charge in [0.2, 0.25) is 11.9 Å². The fourth-order valence-corrected chi connectivity index (χ4v) is 2.52. The first-order chi connectivity index (χ1) is 10.3. The minimum Gasteiger partial charge on any atom is -0.357 e. The lowest BCUT2D eigenvalue weighted by Crippen LogP contribution is -2.31. The number of aryl methyl sites for hydroxylation is 1. The minimum absolute atomic E-state index is 0.599. The van der Waals surface area contributed by atoms with Gasteiger partial charge in [-0.05, 0) is 37.8 Å². The number of anilines is 2. The van der Waals surface area contributed by atoms with Crippen molar-refractivity contribution < 1.29 is 0 Å². The molecular weight excluding hydrogens is 264 g/mol. The molecule has 21 heavy (non-hydrogen) atoms. The molecule has 0 atom stereocenters. The van der Waals surface area contributed by atoms with Gasteiger partial charge in [0.05, 0.1) is 0 Å². The normalized spacial score (nSPS) is 15.0. The summed E-state index contributed by atoms with van der Waals surface area (Å²) in [6, 6.07) is 2.04. The topological polar surface area (TPSA) is 66.8 Å². The van der Waals surface area contributed by atoms with Crippen molar-refractivity contribution in [2.24, 2.45) is 0 Å². The van der Waals surface area contributed by atoms with Gasteiger partial charge in [-0.15, -0.1) is 0 Å². The van der Waals surface area contributed by atoms with Gasteiger partial charge in [-0.25, -0.2) is 0 Å². The largest absolute Gasteiger partial charge is 0.357 e. The van der Waals surface area contributed by atoms with E-state index in [0.29, 0.717) is 11.8 Å². The Balaban J connectivity index is 2.00. The molecule has 110 valence electrons. The Hall–Kier alpha value is -2.24. The van der Waals surface area contributed by atoms with Crippen LogP contribution in [-0.2, 0) is 0 Å². The number of hydrogen-bond donors (Lipinski definition) is 1. The van der Waals surface area contributed by atoms with E-state index in [1.165, 1.54) is 19.3 Å². The molecule has 0 bridgehead atoms. The van der Waals surface area contributed by atoms with Crippen molar-refractivity contribution in [1.82, 2.24) is 19.9 Å². The standard InChI is InChI=1S/C15H20N6/c1-11-8-12(10-17-9-11)13-18-14(16-2)20-15(19-13)21-6-4-3-5-7-21/h8-10H,3-7H2,1-2H3,(H,16,18,19,20). The molecule has 1 saturated heterocycles. The second kappa shape index (κ2) is 6.03. The van der Waals surface area contributed by atoms with Crippen LogP contribution in [0.15, 0.2) is 18.5 Å². The summed E-state index contributed by atoms with van der Waals surface area (Å²) in [6.45, 7) is 4.04. The average Bonchev–Trinajstić information content (AvgIpc) is 2.55. The van der Waals surface area contributed by atoms with E-state index in [1.54, 1.807) is 6.20 Å². The molecule has 0 unspecified atom stereocenters. The average molecular weight is 284 g/mol. The molecule has 0 aliphatic carbocycles. The van der Waals surface area contributed by atoms with E-state index in [-0.39, 0.29) is 0 Å². The van der Waals surface area contributed by atoms with Crippen LogP contribution in [0.3, 0.4) is 0 Å². The predicted molar refractivity (Wildman–Crippen MR) is 83.4 cm³/mol. The summed E-state index contributed by atoms with van der Waals surface area (Å²) in [5.74, 6) is 2.03. The van der Waals surface area contributed by atoms with E-state index in [0.717, 1.165) is 30.2 Å². The molecule has 1 fully saturated rings. The van der Waals surface area contributed by atoms with Gasteiger partial charge in [-0.2, -0.15) is 15.0 Å². The molecule has 6 heteroatoms. The van der Waals surface area contributed by atoms with Gasteiger partial charge in [0.25, 0.3) is 0 Å². The third-order valence-electron chi connectivity index (χ3n) is 3.62. The highest BCUT2D eigenvalue weighted by Gasteiger charge is 2.16. The highest BCUT2D eigenvalue weighted by Crippen LogP contribution is 2.21. The number of pyridine rings is 1. The summed E-state index contributed by atoms with van der Waals surface area (Å²) in [6.07, 6.45) is 7.30. The van der Waals surface area contributed by atoms with Gasteiger partial charge in [-0.3, -0.25) is 4.98 Å². The lowest BCUT2D eigenvalue weighted by atomic mass is 10.1. The third-order valence-corrected chi connectivity index (χ3v) is 3.62. The van der Waals surface area contributed by atoms with Crippen LogP contribution in [0.1, 0.15) is 24.8 Å². The Bertz CT molecular complexity index is 621. The third kappa shape index (κ3) is 3.09. The molecule has 0 radical (unpaired) electrons. The number of rotatable bonds is 3. The van der Waals surface area contributed by atoms with Crippen LogP contribution >= 0.6 is 0 Å². The second-order valence-corrected chi connectivity index (χ2v) is 5.33. The van der Waals surface area contributed by atoms with Crippen molar-refractivity contribution in [2.75, 3.05) is 30.4 Å². The number of nitrogens with zero attached hydrogens (tertiary/aromatic N) is 5. The van der Waals surface area contributed by atoms with Gasteiger partial charge in [0, 0.05) is 38.1 Å². The van der Waals surface area contributed by atoms with Crippen LogP contribution in [0.5, 0.6) is 0 Å². The van der Waals surface area contributed by atoms with Crippen molar-refractivity contribution in [3.05, 3.63) is 24.0 Å². The lowest BCUT2D eigenvalue weighted by molar-refractivity contribution is 0.568. The Morgan fingerprint density at radius 1 is 1.05 bits per heavy atom. The van der Waals surface area contributed by atoms with Gasteiger partial charge >= 0.3 is 0 Å². The Kier molecular flexibility index (Phi) is 3.94. The Labute approximate surface area is 124 Å². The van der Waals surface area contributed by atoms with Crippen molar-refractivity contribution in [3.63, 3.8) is 0 Å². The highest BCUT2D eigenvalue weighted by molar-refractivity contribution is 5.58. The summed E-state index contributed by atoms with van der Waals surface area (Å²) < 4.78 is 0. The van der Waals surface area contributed by atoms with Gasteiger partial charge in [0.15, 0.2) is 5.82 Å². The molecular formula is C15H20N6. The van der Waals surface area contributed by atoms with Crippen LogP contribution in [-0.4, -0.2) is 40.1 Å². The van der Waals surface area contributed by atoms with Crippen molar-refractivity contribution in [3.8, 4) is 11.4 Å². The van der Waals surface area contributed by atoms with Crippen molar-refractivity contribution >= 4 is 11.9 Å². The zero-order chi connectivity index (χ0) is 14.7. The first-order valence-electron chi connectivity index (χ1n) is 7.37. The molecule has 6 nitrogen and oxygen atoms in total. The summed E-state index contributed by atoms with van der Waals surface area (Å²) >= 11 is 0. The maximum atomic E-state index is 4.64. The van der Waals surface area contributed by atoms with Crippen LogP contribution in [0, 0.1) is 6.92 Å². The molecule has 2 aromatic rings. The van der Waals surface area contributed by atoms with E-state index >= 15 is 0 Å². The SMILES string of the molecule is CNc1nc(-c2cncc(C)c2)nc(N2CCCCC2)n1. The molecule has 3 rings (SSSR count). The number of nitrogens with one attached hydrogen (secondary N) is 1. The van der Waals surface area contributed by atoms with Crippen molar-refractivity contribution in [2.45, 2.75) is 26.2 Å². The highest BCUT2D eigenvalue weighted by atomic mass is 15.3. The van der Waals surface area contributed by atoms with E-state index in [4.69, 9.17) is 0 Å². The Morgan fingerprint density at radius 2 is 1.86 bits per heavy atom. The molecule has 0 saturated carbocycles. The molecule has 3 heterocycles. The maximum Gasteiger partial charge on any atom is 0.230 e. The summed E-state index contributed by atoms with van der Waals surface area (Å²) in [5, 5.41) is 3.02. The predicted octanol–water partition coefficient (Wildman–Crippen LogP) is 2.27. The molecule has 0 aromatic carbocycles. The maximum absolute atomic E-state index is 4.64. The van der Waals surface area contributed by atoms with E-state index in [9.17, 15) is 0 Å². The molecule has 1 N–H and O–H groups in total. The number of hydrogen-bond acceptors (Lipinski definition) is 6. The fourth-order valence-electron chi connectivity index (χ4n) is 2.52. The van der Waals surface area contributed by atoms with E-state index < -0.39 is 0 Å². The lowest BCUT2D eigenvalue weighted by Gasteiger charge is -2.26. The zero-order valence-corrected chi connectivity index (χ0v) is 12.5. The van der Waals surface area contributed by atoms with E-state index in [2.05, 4.69) is 30.2 Å². The zero-order valence-electron chi connectivity index (χ0n) is 12.5. The minimum atomic E-state index is 0.599. The monoisotopic (exact) mass is 284 g/mol. The second-order valence-electron chi connectivity index (χ2n) is 5.33. The molecule has 0 spiro atoms. The molecule has 2 aromatic heterocycles. The first-order valence-corrected chi connectivity index (χ1v) is 7.37. The quantitative estimate of drug-likeness (QED) is 0.932. The molecule has 1 aliphatic heterocycles. The Morgan fingerprint density at radius 3 is 2.57 bits per heavy atom. The van der Waals surface area contributed by atoms with Crippen LogP contribution in [0.25, 0.3) is 11.4 Å². The molecule has 1 aliphatic rings. The van der Waals surface area contributed by atoms with Crippen molar-refractivity contribution in [1.29, 1.82) is 0 Å². The molecule has 0 amide bonds. The number of aromatic nitrogens is 4. The number of piperidine rings is 1. The van der Waals surface area contributed by atoms with Gasteiger partial charge in [-0.1, -0.05) is 0 Å². The van der Waals surface area contributed by atoms with E-state index in [1.807, 2.05) is 26.2 Å². The van der Waals surface area contributed by atoms with Gasteiger partial charge in [0.1, 0.15) is 0 Å². The smallest absolute Gasteiger partial charge is 0.230 e. The summed E-state index contributed by atoms with van der Waals surface area (Å²) in [7, 11) is 1.83.